The molecule has 1 N–H and O–H groups in total. The third-order valence-electron chi connectivity index (χ3n) is 4.60. The summed E-state index contributed by atoms with van der Waals surface area (Å²) in [5, 5.41) is 5.51. The molecule has 3 aromatic heterocycles. The Kier molecular flexibility index (Phi) is 6.45. The van der Waals surface area contributed by atoms with Gasteiger partial charge in [-0.05, 0) is 52.9 Å². The Balaban J connectivity index is 0.00000231. The number of nitrogens with one attached hydrogen (secondary N) is 1. The molecule has 0 bridgehead atoms. The molecule has 8 heteroatoms. The number of ether oxygens (including phenoxy) is 2. The molecule has 4 heterocycles. The number of hydrogen-bond acceptors (Lipinski definition) is 7. The lowest BCUT2D eigenvalue weighted by Gasteiger charge is -2.11. The van der Waals surface area contributed by atoms with Gasteiger partial charge in [-0.15, -0.1) is 23.7 Å². The van der Waals surface area contributed by atoms with E-state index in [1.807, 2.05) is 60.1 Å². The molecule has 0 fully saturated rings. The zero-order valence-electron chi connectivity index (χ0n) is 16.4. The molecule has 1 aromatic carbocycles. The van der Waals surface area contributed by atoms with Gasteiger partial charge in [0.05, 0.1) is 5.56 Å². The average Bonchev–Trinajstić information content (AvgIpc) is 3.49. The lowest BCUT2D eigenvalue weighted by atomic mass is 10.2. The summed E-state index contributed by atoms with van der Waals surface area (Å²) in [4.78, 5) is 14.5. The monoisotopic (exact) mass is 450 g/mol. The van der Waals surface area contributed by atoms with E-state index >= 15 is 0 Å². The van der Waals surface area contributed by atoms with Crippen molar-refractivity contribution in [3.05, 3.63) is 83.4 Å². The molecule has 1 aliphatic heterocycles. The molecule has 0 spiro atoms. The van der Waals surface area contributed by atoms with Crippen LogP contribution >= 0.6 is 23.7 Å². The molecular weight excluding hydrogens is 432 g/mol. The van der Waals surface area contributed by atoms with Gasteiger partial charge in [0.25, 0.3) is 0 Å². The predicted molar refractivity (Wildman–Crippen MR) is 126 cm³/mol. The number of anilines is 1. The maximum Gasteiger partial charge on any atom is 0.231 e. The van der Waals surface area contributed by atoms with Crippen LogP contribution in [0.4, 0.5) is 5.82 Å². The summed E-state index contributed by atoms with van der Waals surface area (Å²) in [6.07, 6.45) is 9.26. The second kappa shape index (κ2) is 9.59. The normalized spacial score (nSPS) is 12.0. The molecule has 0 atom stereocenters. The first-order valence-corrected chi connectivity index (χ1v) is 10.3. The second-order valence-corrected chi connectivity index (χ2v) is 7.58. The first-order valence-electron chi connectivity index (χ1n) is 9.46. The van der Waals surface area contributed by atoms with E-state index in [1.165, 1.54) is 0 Å². The fourth-order valence-corrected chi connectivity index (χ4v) is 3.84. The summed E-state index contributed by atoms with van der Waals surface area (Å²) >= 11 is 1.66. The van der Waals surface area contributed by atoms with Gasteiger partial charge in [-0.25, -0.2) is 9.97 Å². The molecule has 0 aliphatic carbocycles. The van der Waals surface area contributed by atoms with E-state index in [0.29, 0.717) is 12.4 Å². The van der Waals surface area contributed by atoms with Crippen molar-refractivity contribution in [2.24, 2.45) is 0 Å². The number of halogens is 1. The van der Waals surface area contributed by atoms with Crippen LogP contribution in [0.5, 0.6) is 11.5 Å². The number of fused-ring (bicyclic) bond motifs is 1. The van der Waals surface area contributed by atoms with Crippen LogP contribution < -0.4 is 14.8 Å². The SMILES string of the molecule is C(=Cc1ncc(-c2cccs2)c(NCc2ccc3c(c2)OCO3)n1)c1cccnc1.Cl. The fraction of sp³-hybridized carbons (Fsp3) is 0.0870. The Hall–Kier alpha value is -3.42. The van der Waals surface area contributed by atoms with E-state index in [4.69, 9.17) is 14.5 Å². The molecule has 6 nitrogen and oxygen atoms in total. The molecular formula is C23H19ClN4O2S. The number of benzene rings is 1. The van der Waals surface area contributed by atoms with E-state index in [1.54, 1.807) is 23.7 Å². The summed E-state index contributed by atoms with van der Waals surface area (Å²) in [7, 11) is 0. The Morgan fingerprint density at radius 1 is 1.03 bits per heavy atom. The van der Waals surface area contributed by atoms with E-state index < -0.39 is 0 Å². The molecule has 156 valence electrons. The van der Waals surface area contributed by atoms with Gasteiger partial charge in [0.15, 0.2) is 17.3 Å². The molecule has 5 rings (SSSR count). The van der Waals surface area contributed by atoms with Crippen LogP contribution in [0, 0.1) is 0 Å². The molecule has 31 heavy (non-hydrogen) atoms. The quantitative estimate of drug-likeness (QED) is 0.416. The highest BCUT2D eigenvalue weighted by Crippen LogP contribution is 2.33. The number of pyridine rings is 1. The number of thiophene rings is 1. The lowest BCUT2D eigenvalue weighted by Crippen LogP contribution is -2.05. The molecule has 0 radical (unpaired) electrons. The first-order chi connectivity index (χ1) is 14.8. The average molecular weight is 451 g/mol. The molecule has 0 saturated carbocycles. The zero-order valence-corrected chi connectivity index (χ0v) is 18.0. The van der Waals surface area contributed by atoms with Crippen LogP contribution in [0.1, 0.15) is 17.0 Å². The summed E-state index contributed by atoms with van der Waals surface area (Å²) in [5.74, 6) is 2.97. The van der Waals surface area contributed by atoms with Gasteiger partial charge < -0.3 is 14.8 Å². The van der Waals surface area contributed by atoms with E-state index in [0.717, 1.165) is 38.9 Å². The van der Waals surface area contributed by atoms with E-state index in [-0.39, 0.29) is 19.2 Å². The summed E-state index contributed by atoms with van der Waals surface area (Å²) in [5.41, 5.74) is 3.06. The highest BCUT2D eigenvalue weighted by atomic mass is 35.5. The summed E-state index contributed by atoms with van der Waals surface area (Å²) in [6.45, 7) is 0.880. The number of aromatic nitrogens is 3. The fourth-order valence-electron chi connectivity index (χ4n) is 3.10. The van der Waals surface area contributed by atoms with Gasteiger partial charge in [0, 0.05) is 30.0 Å². The van der Waals surface area contributed by atoms with Crippen molar-refractivity contribution in [3.8, 4) is 21.9 Å². The van der Waals surface area contributed by atoms with Gasteiger partial charge in [-0.1, -0.05) is 18.2 Å². The number of nitrogens with zero attached hydrogens (tertiary/aromatic N) is 3. The molecule has 4 aromatic rings. The van der Waals surface area contributed by atoms with E-state index in [2.05, 4.69) is 21.4 Å². The standard InChI is InChI=1S/C23H18N4O2S.ClH/c1-3-16(12-24-9-1)6-8-22-25-14-18(21-4-2-10-30-21)23(27-22)26-13-17-5-7-19-20(11-17)29-15-28-19;/h1-12,14H,13,15H2,(H,25,26,27);1H. The smallest absolute Gasteiger partial charge is 0.231 e. The van der Waals surface area contributed by atoms with Gasteiger partial charge in [0.1, 0.15) is 5.82 Å². The molecule has 0 amide bonds. The van der Waals surface area contributed by atoms with Crippen LogP contribution in [-0.2, 0) is 6.54 Å². The topological polar surface area (TPSA) is 69.2 Å². The van der Waals surface area contributed by atoms with Crippen molar-refractivity contribution in [3.63, 3.8) is 0 Å². The minimum atomic E-state index is 0. The highest BCUT2D eigenvalue weighted by molar-refractivity contribution is 7.13. The van der Waals surface area contributed by atoms with Crippen molar-refractivity contribution >= 4 is 41.7 Å². The third kappa shape index (κ3) is 4.84. The van der Waals surface area contributed by atoms with Crippen LogP contribution in [0.25, 0.3) is 22.6 Å². The maximum absolute atomic E-state index is 5.48. The van der Waals surface area contributed by atoms with Crippen LogP contribution in [0.2, 0.25) is 0 Å². The lowest BCUT2D eigenvalue weighted by molar-refractivity contribution is 0.174. The zero-order chi connectivity index (χ0) is 20.2. The highest BCUT2D eigenvalue weighted by Gasteiger charge is 2.14. The molecule has 1 aliphatic rings. The van der Waals surface area contributed by atoms with Crippen LogP contribution in [-0.4, -0.2) is 21.7 Å². The van der Waals surface area contributed by atoms with Crippen molar-refractivity contribution < 1.29 is 9.47 Å². The largest absolute Gasteiger partial charge is 0.454 e. The van der Waals surface area contributed by atoms with Crippen LogP contribution in [0.3, 0.4) is 0 Å². The first kappa shape index (κ1) is 20.8. The van der Waals surface area contributed by atoms with Crippen LogP contribution in [0.15, 0.2) is 66.4 Å². The van der Waals surface area contributed by atoms with Crippen molar-refractivity contribution in [2.75, 3.05) is 12.1 Å². The second-order valence-electron chi connectivity index (χ2n) is 6.63. The van der Waals surface area contributed by atoms with Gasteiger partial charge >= 0.3 is 0 Å². The summed E-state index contributed by atoms with van der Waals surface area (Å²) < 4.78 is 10.9. The van der Waals surface area contributed by atoms with Gasteiger partial charge in [-0.2, -0.15) is 0 Å². The predicted octanol–water partition coefficient (Wildman–Crippen LogP) is 5.53. The Bertz CT molecular complexity index is 1180. The van der Waals surface area contributed by atoms with Crippen molar-refractivity contribution in [2.45, 2.75) is 6.54 Å². The maximum atomic E-state index is 5.48. The van der Waals surface area contributed by atoms with Crippen molar-refractivity contribution in [1.82, 2.24) is 15.0 Å². The number of hydrogen-bond donors (Lipinski definition) is 1. The Labute approximate surface area is 190 Å². The minimum absolute atomic E-state index is 0. The van der Waals surface area contributed by atoms with Gasteiger partial charge in [-0.3, -0.25) is 4.98 Å². The molecule has 0 saturated heterocycles. The molecule has 0 unspecified atom stereocenters. The van der Waals surface area contributed by atoms with Gasteiger partial charge in [0.2, 0.25) is 6.79 Å². The van der Waals surface area contributed by atoms with E-state index in [9.17, 15) is 0 Å². The Morgan fingerprint density at radius 2 is 1.97 bits per heavy atom. The summed E-state index contributed by atoms with van der Waals surface area (Å²) in [6, 6.07) is 13.9. The van der Waals surface area contributed by atoms with Crippen molar-refractivity contribution in [1.29, 1.82) is 0 Å². The number of rotatable bonds is 6. The minimum Gasteiger partial charge on any atom is -0.454 e. The Morgan fingerprint density at radius 3 is 2.81 bits per heavy atom. The third-order valence-corrected chi connectivity index (χ3v) is 5.50.